The fourth-order valence-electron chi connectivity index (χ4n) is 3.34. The number of benzene rings is 1. The van der Waals surface area contributed by atoms with Gasteiger partial charge in [0.2, 0.25) is 5.91 Å². The number of aliphatic hydroxyl groups excluding tert-OH is 1. The largest absolute Gasteiger partial charge is 0.385 e. The Labute approximate surface area is 116 Å². The minimum absolute atomic E-state index is 0.122. The van der Waals surface area contributed by atoms with Crippen LogP contribution in [0.25, 0.3) is 0 Å². The van der Waals surface area contributed by atoms with Crippen LogP contribution in [0.5, 0.6) is 0 Å². The molecule has 2 N–H and O–H groups in total. The van der Waals surface area contributed by atoms with Gasteiger partial charge in [-0.2, -0.15) is 0 Å². The number of alkyl halides is 2. The number of hydrogen-bond acceptors (Lipinski definition) is 2. The molecule has 0 saturated heterocycles. The highest BCUT2D eigenvalue weighted by molar-refractivity contribution is 5.84. The van der Waals surface area contributed by atoms with Crippen LogP contribution in [0.4, 0.5) is 8.78 Å². The lowest BCUT2D eigenvalue weighted by atomic mass is 9.92. The van der Waals surface area contributed by atoms with E-state index in [1.54, 1.807) is 0 Å². The smallest absolute Gasteiger partial charge is 0.265 e. The van der Waals surface area contributed by atoms with Crippen molar-refractivity contribution in [3.8, 4) is 0 Å². The predicted molar refractivity (Wildman–Crippen MR) is 69.5 cm³/mol. The fourth-order valence-corrected chi connectivity index (χ4v) is 3.34. The van der Waals surface area contributed by atoms with Gasteiger partial charge in [0.15, 0.2) is 0 Å². The minimum atomic E-state index is -2.82. The molecule has 0 spiro atoms. The number of halogens is 2. The SMILES string of the molecule is O=C(NCC(O)C(F)F)C1C2CCc3ccccc3C21. The lowest BCUT2D eigenvalue weighted by Crippen LogP contribution is -2.37. The number of carbonyl (C=O) groups excluding carboxylic acids is 1. The van der Waals surface area contributed by atoms with Gasteiger partial charge in [-0.25, -0.2) is 8.78 Å². The summed E-state index contributed by atoms with van der Waals surface area (Å²) in [6.45, 7) is -0.381. The van der Waals surface area contributed by atoms with Crippen molar-refractivity contribution in [2.75, 3.05) is 6.54 Å². The average molecular weight is 281 g/mol. The van der Waals surface area contributed by atoms with Gasteiger partial charge in [0.1, 0.15) is 6.10 Å². The normalized spacial score (nSPS) is 28.5. The van der Waals surface area contributed by atoms with Crippen LogP contribution in [0.3, 0.4) is 0 Å². The first-order chi connectivity index (χ1) is 9.59. The Morgan fingerprint density at radius 1 is 1.40 bits per heavy atom. The third-order valence-electron chi connectivity index (χ3n) is 4.41. The van der Waals surface area contributed by atoms with Gasteiger partial charge in [-0.05, 0) is 35.8 Å². The number of aryl methyl sites for hydroxylation is 1. The van der Waals surface area contributed by atoms with Crippen molar-refractivity contribution in [3.63, 3.8) is 0 Å². The topological polar surface area (TPSA) is 49.3 Å². The van der Waals surface area contributed by atoms with Gasteiger partial charge in [-0.3, -0.25) is 4.79 Å². The molecular weight excluding hydrogens is 264 g/mol. The van der Waals surface area contributed by atoms with Gasteiger partial charge in [0, 0.05) is 12.5 Å². The van der Waals surface area contributed by atoms with Crippen molar-refractivity contribution in [2.45, 2.75) is 31.3 Å². The van der Waals surface area contributed by atoms with Gasteiger partial charge in [-0.1, -0.05) is 24.3 Å². The molecule has 1 aromatic rings. The molecule has 3 nitrogen and oxygen atoms in total. The Balaban J connectivity index is 1.63. The summed E-state index contributed by atoms with van der Waals surface area (Å²) < 4.78 is 24.4. The molecule has 3 rings (SSSR count). The van der Waals surface area contributed by atoms with Gasteiger partial charge in [0.05, 0.1) is 0 Å². The Kier molecular flexibility index (Phi) is 3.46. The van der Waals surface area contributed by atoms with E-state index >= 15 is 0 Å². The molecule has 0 radical (unpaired) electrons. The lowest BCUT2D eigenvalue weighted by Gasteiger charge is -2.13. The molecule has 0 heterocycles. The van der Waals surface area contributed by atoms with E-state index in [2.05, 4.69) is 11.4 Å². The van der Waals surface area contributed by atoms with Crippen LogP contribution in [0.15, 0.2) is 24.3 Å². The zero-order valence-electron chi connectivity index (χ0n) is 10.9. The number of nitrogens with one attached hydrogen (secondary N) is 1. The highest BCUT2D eigenvalue weighted by Gasteiger charge is 2.56. The van der Waals surface area contributed by atoms with Crippen LogP contribution in [0, 0.1) is 11.8 Å². The Bertz CT molecular complexity index is 520. The van der Waals surface area contributed by atoms with Gasteiger partial charge in [-0.15, -0.1) is 0 Å². The van der Waals surface area contributed by atoms with Crippen LogP contribution < -0.4 is 5.32 Å². The van der Waals surface area contributed by atoms with Crippen LogP contribution in [-0.2, 0) is 11.2 Å². The molecular formula is C15H17F2NO2. The number of rotatable bonds is 4. The molecule has 0 aromatic heterocycles. The summed E-state index contributed by atoms with van der Waals surface area (Å²) in [4.78, 5) is 12.0. The van der Waals surface area contributed by atoms with E-state index in [1.165, 1.54) is 11.1 Å². The van der Waals surface area contributed by atoms with E-state index in [0.717, 1.165) is 12.8 Å². The van der Waals surface area contributed by atoms with E-state index in [-0.39, 0.29) is 24.3 Å². The van der Waals surface area contributed by atoms with Crippen molar-refractivity contribution in [3.05, 3.63) is 35.4 Å². The second kappa shape index (κ2) is 5.13. The van der Waals surface area contributed by atoms with Crippen molar-refractivity contribution >= 4 is 5.91 Å². The summed E-state index contributed by atoms with van der Waals surface area (Å²) in [7, 11) is 0. The first-order valence-corrected chi connectivity index (χ1v) is 6.91. The van der Waals surface area contributed by atoms with Crippen LogP contribution in [-0.4, -0.2) is 30.1 Å². The first-order valence-electron chi connectivity index (χ1n) is 6.91. The number of fused-ring (bicyclic) bond motifs is 3. The van der Waals surface area contributed by atoms with E-state index in [9.17, 15) is 13.6 Å². The summed E-state index contributed by atoms with van der Waals surface area (Å²) in [5.41, 5.74) is 2.51. The number of aliphatic hydroxyl groups is 1. The number of carbonyl (C=O) groups is 1. The summed E-state index contributed by atoms with van der Waals surface area (Å²) in [5, 5.41) is 11.5. The number of hydrogen-bond donors (Lipinski definition) is 2. The Morgan fingerprint density at radius 3 is 2.90 bits per heavy atom. The molecule has 5 heteroatoms. The molecule has 1 amide bonds. The maximum atomic E-state index is 12.2. The number of amides is 1. The van der Waals surface area contributed by atoms with E-state index in [0.29, 0.717) is 5.92 Å². The molecule has 2 aliphatic rings. The molecule has 1 saturated carbocycles. The van der Waals surface area contributed by atoms with Crippen LogP contribution in [0.1, 0.15) is 23.5 Å². The molecule has 0 bridgehead atoms. The van der Waals surface area contributed by atoms with Crippen molar-refractivity contribution in [1.29, 1.82) is 0 Å². The van der Waals surface area contributed by atoms with Crippen LogP contribution >= 0.6 is 0 Å². The quantitative estimate of drug-likeness (QED) is 0.882. The van der Waals surface area contributed by atoms with Crippen molar-refractivity contribution in [2.24, 2.45) is 11.8 Å². The highest BCUT2D eigenvalue weighted by atomic mass is 19.3. The molecule has 2 aliphatic carbocycles. The van der Waals surface area contributed by atoms with E-state index < -0.39 is 12.5 Å². The highest BCUT2D eigenvalue weighted by Crippen LogP contribution is 2.59. The lowest BCUT2D eigenvalue weighted by molar-refractivity contribution is -0.123. The van der Waals surface area contributed by atoms with E-state index in [4.69, 9.17) is 5.11 Å². The molecule has 4 atom stereocenters. The van der Waals surface area contributed by atoms with Crippen LogP contribution in [0.2, 0.25) is 0 Å². The molecule has 0 aliphatic heterocycles. The maximum Gasteiger partial charge on any atom is 0.265 e. The van der Waals surface area contributed by atoms with Gasteiger partial charge in [0.25, 0.3) is 6.43 Å². The summed E-state index contributed by atoms with van der Waals surface area (Å²) >= 11 is 0. The maximum absolute atomic E-state index is 12.2. The minimum Gasteiger partial charge on any atom is -0.385 e. The second-order valence-corrected chi connectivity index (χ2v) is 5.60. The summed E-state index contributed by atoms with van der Waals surface area (Å²) in [6.07, 6.45) is -2.66. The molecule has 108 valence electrons. The molecule has 20 heavy (non-hydrogen) atoms. The fraction of sp³-hybridized carbons (Fsp3) is 0.533. The molecule has 1 fully saturated rings. The van der Waals surface area contributed by atoms with E-state index in [1.807, 2.05) is 18.2 Å². The third kappa shape index (κ3) is 2.30. The predicted octanol–water partition coefficient (Wildman–Crippen LogP) is 1.70. The zero-order valence-corrected chi connectivity index (χ0v) is 10.9. The average Bonchev–Trinajstić information content (AvgIpc) is 3.19. The summed E-state index contributed by atoms with van der Waals surface area (Å²) in [6, 6.07) is 8.09. The van der Waals surface area contributed by atoms with Crippen molar-refractivity contribution in [1.82, 2.24) is 5.32 Å². The zero-order chi connectivity index (χ0) is 14.3. The Morgan fingerprint density at radius 2 is 2.15 bits per heavy atom. The summed E-state index contributed by atoms with van der Waals surface area (Å²) in [5.74, 6) is 0.220. The van der Waals surface area contributed by atoms with Crippen molar-refractivity contribution < 1.29 is 18.7 Å². The third-order valence-corrected chi connectivity index (χ3v) is 4.41. The molecule has 4 unspecified atom stereocenters. The standard InChI is InChI=1S/C15H17F2NO2/c16-14(17)11(19)7-18-15(20)13-10-6-5-8-3-1-2-4-9(8)12(10)13/h1-4,10-14,19H,5-7H2,(H,18,20). The van der Waals surface area contributed by atoms with Gasteiger partial charge >= 0.3 is 0 Å². The monoisotopic (exact) mass is 281 g/mol. The first kappa shape index (κ1) is 13.5. The molecule has 1 aromatic carbocycles. The van der Waals surface area contributed by atoms with Gasteiger partial charge < -0.3 is 10.4 Å². The second-order valence-electron chi connectivity index (χ2n) is 5.60. The Hall–Kier alpha value is -1.49.